The van der Waals surface area contributed by atoms with Crippen molar-refractivity contribution in [1.29, 1.82) is 0 Å². The summed E-state index contributed by atoms with van der Waals surface area (Å²) in [6, 6.07) is 3.87. The topological polar surface area (TPSA) is 0 Å². The van der Waals surface area contributed by atoms with Crippen LogP contribution in [0.4, 0.5) is 0 Å². The maximum Gasteiger partial charge on any atom is 0.0557 e. The first-order chi connectivity index (χ1) is 5.52. The van der Waals surface area contributed by atoms with Crippen LogP contribution in [0.1, 0.15) is 19.4 Å². The summed E-state index contributed by atoms with van der Waals surface area (Å²) < 4.78 is 0.918. The molecule has 0 saturated heterocycles. The van der Waals surface area contributed by atoms with Crippen molar-refractivity contribution in [3.05, 3.63) is 37.2 Å². The summed E-state index contributed by atoms with van der Waals surface area (Å²) in [5, 5.41) is 1.44. The van der Waals surface area contributed by atoms with E-state index in [9.17, 15) is 0 Å². The van der Waals surface area contributed by atoms with E-state index in [0.717, 1.165) is 19.2 Å². The molecule has 65 valence electrons. The lowest BCUT2D eigenvalue weighted by molar-refractivity contribution is 1.15. The van der Waals surface area contributed by atoms with E-state index in [-0.39, 0.29) is 0 Å². The summed E-state index contributed by atoms with van der Waals surface area (Å²) in [5.74, 6) is 1.22. The van der Waals surface area contributed by atoms with Gasteiger partial charge in [-0.1, -0.05) is 37.0 Å². The maximum absolute atomic E-state index is 5.96. The van der Waals surface area contributed by atoms with E-state index in [1.807, 2.05) is 26.0 Å². The first-order valence-corrected chi connectivity index (χ1v) is 5.31. The normalized spacial score (nSPS) is 10.8. The highest BCUT2D eigenvalue weighted by Gasteiger charge is 2.07. The monoisotopic (exact) mass is 313 g/mol. The predicted molar refractivity (Wildman–Crippen MR) is 62.9 cm³/mol. The number of benzene rings is 1. The largest absolute Gasteiger partial charge is 0.0831 e. The molecule has 1 aromatic rings. The summed E-state index contributed by atoms with van der Waals surface area (Å²) in [6.45, 7) is 4.07. The minimum absolute atomic E-state index is 0.722. The minimum Gasteiger partial charge on any atom is -0.0831 e. The number of halogens is 3. The Kier molecular flexibility index (Phi) is 3.68. The molecule has 0 bridgehead atoms. The molecule has 0 aromatic heterocycles. The highest BCUT2D eigenvalue weighted by Crippen LogP contribution is 2.30. The smallest absolute Gasteiger partial charge is 0.0557 e. The van der Waals surface area contributed by atoms with Crippen molar-refractivity contribution in [2.24, 2.45) is 0 Å². The Morgan fingerprint density at radius 2 is 1.58 bits per heavy atom. The molecule has 0 atom stereocenters. The fourth-order valence-corrected chi connectivity index (χ4v) is 1.64. The molecular weight excluding hydrogens is 306 g/mol. The van der Waals surface area contributed by atoms with Gasteiger partial charge >= 0.3 is 0 Å². The Balaban J connectivity index is 3.21. The first kappa shape index (κ1) is 10.6. The highest BCUT2D eigenvalue weighted by atomic mass is 127. The lowest BCUT2D eigenvalue weighted by atomic mass is 10.0. The van der Waals surface area contributed by atoms with Gasteiger partial charge in [0.15, 0.2) is 0 Å². The van der Waals surface area contributed by atoms with Crippen LogP contribution in [0.25, 0.3) is 0 Å². The fraction of sp³-hybridized carbons (Fsp3) is 0.222. The summed E-state index contributed by atoms with van der Waals surface area (Å²) in [4.78, 5) is 0. The lowest BCUT2D eigenvalue weighted by Crippen LogP contribution is -1.89. The fourth-order valence-electron chi connectivity index (χ4n) is 0.844. The SMILES string of the molecule is C[C](C)c1cc(Cl)c(I)c(Cl)c1. The molecule has 0 aliphatic heterocycles. The molecule has 0 aliphatic rings. The van der Waals surface area contributed by atoms with Gasteiger partial charge in [-0.3, -0.25) is 0 Å². The second kappa shape index (κ2) is 4.16. The van der Waals surface area contributed by atoms with Crippen LogP contribution in [-0.2, 0) is 0 Å². The Hall–Kier alpha value is 0.530. The van der Waals surface area contributed by atoms with Crippen molar-refractivity contribution in [2.75, 3.05) is 0 Å². The van der Waals surface area contributed by atoms with Crippen LogP contribution in [0.2, 0.25) is 10.0 Å². The van der Waals surface area contributed by atoms with Crippen LogP contribution in [0.5, 0.6) is 0 Å². The zero-order valence-electron chi connectivity index (χ0n) is 6.79. The molecule has 1 radical (unpaired) electrons. The first-order valence-electron chi connectivity index (χ1n) is 3.47. The second-order valence-electron chi connectivity index (χ2n) is 2.75. The highest BCUT2D eigenvalue weighted by molar-refractivity contribution is 14.1. The third kappa shape index (κ3) is 2.27. The van der Waals surface area contributed by atoms with Gasteiger partial charge in [-0.05, 0) is 46.2 Å². The minimum atomic E-state index is 0.722. The van der Waals surface area contributed by atoms with E-state index < -0.39 is 0 Å². The van der Waals surface area contributed by atoms with Crippen molar-refractivity contribution in [2.45, 2.75) is 13.8 Å². The molecule has 3 heteroatoms. The predicted octanol–water partition coefficient (Wildman–Crippen LogP) is 4.56. The molecule has 0 amide bonds. The van der Waals surface area contributed by atoms with Crippen LogP contribution >= 0.6 is 45.8 Å². The van der Waals surface area contributed by atoms with Crippen molar-refractivity contribution >= 4 is 45.8 Å². The molecule has 0 fully saturated rings. The van der Waals surface area contributed by atoms with Crippen LogP contribution < -0.4 is 0 Å². The van der Waals surface area contributed by atoms with E-state index in [4.69, 9.17) is 23.2 Å². The van der Waals surface area contributed by atoms with Crippen LogP contribution in [-0.4, -0.2) is 0 Å². The van der Waals surface area contributed by atoms with Gasteiger partial charge in [-0.25, -0.2) is 0 Å². The molecule has 0 unspecified atom stereocenters. The molecule has 0 N–H and O–H groups in total. The summed E-state index contributed by atoms with van der Waals surface area (Å²) in [5.41, 5.74) is 1.10. The molecular formula is C9H8Cl2I. The number of rotatable bonds is 1. The molecule has 1 rings (SSSR count). The Bertz CT molecular complexity index is 272. The third-order valence-electron chi connectivity index (χ3n) is 1.56. The molecule has 0 saturated carbocycles. The van der Waals surface area contributed by atoms with Crippen LogP contribution in [0, 0.1) is 9.49 Å². The molecule has 0 spiro atoms. The van der Waals surface area contributed by atoms with E-state index in [1.54, 1.807) is 0 Å². The lowest BCUT2D eigenvalue weighted by Gasteiger charge is -2.07. The average Bonchev–Trinajstić information content (AvgIpc) is 1.99. The van der Waals surface area contributed by atoms with Gasteiger partial charge in [0.25, 0.3) is 0 Å². The van der Waals surface area contributed by atoms with Gasteiger partial charge in [0.1, 0.15) is 0 Å². The van der Waals surface area contributed by atoms with Crippen molar-refractivity contribution in [3.8, 4) is 0 Å². The quantitative estimate of drug-likeness (QED) is 0.526. The Morgan fingerprint density at radius 3 is 1.92 bits per heavy atom. The molecule has 0 nitrogen and oxygen atoms in total. The molecule has 0 aliphatic carbocycles. The Labute approximate surface area is 96.4 Å². The van der Waals surface area contributed by atoms with E-state index >= 15 is 0 Å². The standard InChI is InChI=1S/C9H8Cl2I/c1-5(2)6-3-7(10)9(12)8(11)4-6/h3-4H,1-2H3. The van der Waals surface area contributed by atoms with Crippen LogP contribution in [0.15, 0.2) is 12.1 Å². The Morgan fingerprint density at radius 1 is 1.17 bits per heavy atom. The van der Waals surface area contributed by atoms with Gasteiger partial charge in [-0.2, -0.15) is 0 Å². The third-order valence-corrected chi connectivity index (χ3v) is 3.96. The zero-order valence-corrected chi connectivity index (χ0v) is 10.5. The van der Waals surface area contributed by atoms with Gasteiger partial charge < -0.3 is 0 Å². The van der Waals surface area contributed by atoms with Gasteiger partial charge in [-0.15, -0.1) is 0 Å². The number of hydrogen-bond acceptors (Lipinski definition) is 0. The van der Waals surface area contributed by atoms with Crippen molar-refractivity contribution in [1.82, 2.24) is 0 Å². The molecule has 1 aromatic carbocycles. The zero-order chi connectivity index (χ0) is 9.30. The maximum atomic E-state index is 5.96. The van der Waals surface area contributed by atoms with E-state index in [0.29, 0.717) is 0 Å². The average molecular weight is 314 g/mol. The summed E-state index contributed by atoms with van der Waals surface area (Å²) >= 11 is 14.1. The van der Waals surface area contributed by atoms with Gasteiger partial charge in [0, 0.05) is 0 Å². The van der Waals surface area contributed by atoms with Crippen molar-refractivity contribution < 1.29 is 0 Å². The van der Waals surface area contributed by atoms with Crippen LogP contribution in [0.3, 0.4) is 0 Å². The number of hydrogen-bond donors (Lipinski definition) is 0. The van der Waals surface area contributed by atoms with Gasteiger partial charge in [0.2, 0.25) is 0 Å². The second-order valence-corrected chi connectivity index (χ2v) is 4.65. The molecule has 0 heterocycles. The van der Waals surface area contributed by atoms with Gasteiger partial charge in [0.05, 0.1) is 13.6 Å². The summed E-state index contributed by atoms with van der Waals surface area (Å²) in [6.07, 6.45) is 0. The van der Waals surface area contributed by atoms with E-state index in [2.05, 4.69) is 22.6 Å². The van der Waals surface area contributed by atoms with Crippen molar-refractivity contribution in [3.63, 3.8) is 0 Å². The summed E-state index contributed by atoms with van der Waals surface area (Å²) in [7, 11) is 0. The molecule has 12 heavy (non-hydrogen) atoms. The van der Waals surface area contributed by atoms with E-state index in [1.165, 1.54) is 5.92 Å².